The van der Waals surface area contributed by atoms with Crippen LogP contribution in [-0.2, 0) is 6.54 Å². The summed E-state index contributed by atoms with van der Waals surface area (Å²) >= 11 is 0. The van der Waals surface area contributed by atoms with Gasteiger partial charge in [0.05, 0.1) is 6.54 Å². The average molecular weight is 398 g/mol. The summed E-state index contributed by atoms with van der Waals surface area (Å²) in [6.07, 6.45) is 2.51. The standard InChI is InChI=1S/C16H22N4.HI/c1-12-5-4-8-20(11-12)16(17)18-10-14-9-13-6-2-3-7-15(13)19-14;/h2-3,6-7,9,12,19H,4-5,8,10-11H2,1H3,(H2,17,18);1H. The van der Waals surface area contributed by atoms with E-state index in [0.717, 1.165) is 24.3 Å². The zero-order valence-electron chi connectivity index (χ0n) is 12.4. The number of hydrogen-bond acceptors (Lipinski definition) is 1. The maximum Gasteiger partial charge on any atom is 0.191 e. The first-order valence-corrected chi connectivity index (χ1v) is 7.34. The fourth-order valence-electron chi connectivity index (χ4n) is 2.88. The Labute approximate surface area is 142 Å². The van der Waals surface area contributed by atoms with E-state index in [1.54, 1.807) is 0 Å². The topological polar surface area (TPSA) is 57.4 Å². The second-order valence-electron chi connectivity index (χ2n) is 5.75. The van der Waals surface area contributed by atoms with Gasteiger partial charge >= 0.3 is 0 Å². The highest BCUT2D eigenvalue weighted by Crippen LogP contribution is 2.17. The molecule has 2 heterocycles. The zero-order valence-corrected chi connectivity index (χ0v) is 14.7. The van der Waals surface area contributed by atoms with Crippen LogP contribution in [0.4, 0.5) is 0 Å². The van der Waals surface area contributed by atoms with Crippen molar-refractivity contribution in [3.8, 4) is 0 Å². The molecule has 0 bridgehead atoms. The van der Waals surface area contributed by atoms with Crippen molar-refractivity contribution < 1.29 is 0 Å². The molecule has 1 unspecified atom stereocenters. The van der Waals surface area contributed by atoms with Crippen LogP contribution in [0.2, 0.25) is 0 Å². The molecule has 1 fully saturated rings. The Morgan fingerprint density at radius 3 is 3.00 bits per heavy atom. The first-order valence-electron chi connectivity index (χ1n) is 7.34. The molecule has 1 atom stereocenters. The van der Waals surface area contributed by atoms with Crippen LogP contribution in [0, 0.1) is 5.92 Å². The smallest absolute Gasteiger partial charge is 0.191 e. The maximum atomic E-state index is 6.11. The summed E-state index contributed by atoms with van der Waals surface area (Å²) in [6, 6.07) is 10.4. The Balaban J connectivity index is 0.00000161. The number of hydrogen-bond donors (Lipinski definition) is 2. The summed E-state index contributed by atoms with van der Waals surface area (Å²) < 4.78 is 0. The van der Waals surface area contributed by atoms with Gasteiger partial charge in [0.15, 0.2) is 5.96 Å². The molecule has 5 heteroatoms. The number of aliphatic imine (C=N–C) groups is 1. The van der Waals surface area contributed by atoms with Gasteiger partial charge in [0.1, 0.15) is 0 Å². The Bertz CT molecular complexity index is 587. The fourth-order valence-corrected chi connectivity index (χ4v) is 2.88. The third-order valence-electron chi connectivity index (χ3n) is 3.98. The lowest BCUT2D eigenvalue weighted by Gasteiger charge is -2.31. The van der Waals surface area contributed by atoms with Gasteiger partial charge in [-0.2, -0.15) is 0 Å². The van der Waals surface area contributed by atoms with Crippen molar-refractivity contribution >= 4 is 40.8 Å². The summed E-state index contributed by atoms with van der Waals surface area (Å²) in [5, 5.41) is 1.22. The molecule has 0 aliphatic carbocycles. The van der Waals surface area contributed by atoms with E-state index in [-0.39, 0.29) is 24.0 Å². The van der Waals surface area contributed by atoms with Crippen molar-refractivity contribution in [2.45, 2.75) is 26.3 Å². The molecule has 1 aromatic heterocycles. The molecular formula is C16H23IN4. The Morgan fingerprint density at radius 1 is 1.43 bits per heavy atom. The van der Waals surface area contributed by atoms with Crippen LogP contribution in [0.5, 0.6) is 0 Å². The molecule has 21 heavy (non-hydrogen) atoms. The molecule has 0 amide bonds. The molecule has 0 saturated carbocycles. The summed E-state index contributed by atoms with van der Waals surface area (Å²) in [6.45, 7) is 4.96. The van der Waals surface area contributed by atoms with Gasteiger partial charge in [-0.05, 0) is 36.3 Å². The highest BCUT2D eigenvalue weighted by atomic mass is 127. The first kappa shape index (κ1) is 16.1. The largest absolute Gasteiger partial charge is 0.370 e. The van der Waals surface area contributed by atoms with Crippen LogP contribution in [0.3, 0.4) is 0 Å². The van der Waals surface area contributed by atoms with E-state index in [9.17, 15) is 0 Å². The maximum absolute atomic E-state index is 6.11. The van der Waals surface area contributed by atoms with Crippen molar-refractivity contribution in [1.29, 1.82) is 0 Å². The third-order valence-corrected chi connectivity index (χ3v) is 3.98. The van der Waals surface area contributed by atoms with Crippen LogP contribution in [0.1, 0.15) is 25.5 Å². The van der Waals surface area contributed by atoms with Crippen LogP contribution >= 0.6 is 24.0 Å². The summed E-state index contributed by atoms with van der Waals surface area (Å²) in [5.74, 6) is 1.39. The number of aromatic nitrogens is 1. The Morgan fingerprint density at radius 2 is 2.24 bits per heavy atom. The minimum atomic E-state index is 0. The van der Waals surface area contributed by atoms with Gasteiger partial charge in [-0.25, -0.2) is 4.99 Å². The molecule has 0 radical (unpaired) electrons. The van der Waals surface area contributed by atoms with E-state index >= 15 is 0 Å². The van der Waals surface area contributed by atoms with Gasteiger partial charge in [0.25, 0.3) is 0 Å². The molecule has 4 nitrogen and oxygen atoms in total. The Hall–Kier alpha value is -1.24. The van der Waals surface area contributed by atoms with E-state index in [4.69, 9.17) is 5.73 Å². The number of nitrogens with one attached hydrogen (secondary N) is 1. The van der Waals surface area contributed by atoms with Gasteiger partial charge in [-0.3, -0.25) is 0 Å². The lowest BCUT2D eigenvalue weighted by Crippen LogP contribution is -2.43. The van der Waals surface area contributed by atoms with E-state index in [1.807, 2.05) is 12.1 Å². The molecule has 114 valence electrons. The highest BCUT2D eigenvalue weighted by Gasteiger charge is 2.17. The van der Waals surface area contributed by atoms with Crippen LogP contribution in [0.15, 0.2) is 35.3 Å². The predicted molar refractivity (Wildman–Crippen MR) is 99.0 cm³/mol. The van der Waals surface area contributed by atoms with Gasteiger partial charge < -0.3 is 15.6 Å². The molecule has 3 rings (SSSR count). The molecule has 3 N–H and O–H groups in total. The van der Waals surface area contributed by atoms with E-state index in [0.29, 0.717) is 18.4 Å². The van der Waals surface area contributed by atoms with Gasteiger partial charge in [0, 0.05) is 24.3 Å². The number of benzene rings is 1. The van der Waals surface area contributed by atoms with Gasteiger partial charge in [-0.15, -0.1) is 24.0 Å². The van der Waals surface area contributed by atoms with Crippen molar-refractivity contribution in [2.75, 3.05) is 13.1 Å². The molecule has 0 spiro atoms. The molecule has 1 aliphatic heterocycles. The molecule has 2 aromatic rings. The predicted octanol–water partition coefficient (Wildman–Crippen LogP) is 3.33. The number of likely N-dealkylation sites (tertiary alicyclic amines) is 1. The van der Waals surface area contributed by atoms with Gasteiger partial charge in [-0.1, -0.05) is 25.1 Å². The minimum absolute atomic E-state index is 0. The number of guanidine groups is 1. The summed E-state index contributed by atoms with van der Waals surface area (Å²) in [7, 11) is 0. The number of halogens is 1. The fraction of sp³-hybridized carbons (Fsp3) is 0.438. The summed E-state index contributed by atoms with van der Waals surface area (Å²) in [5.41, 5.74) is 8.38. The van der Waals surface area contributed by atoms with Crippen molar-refractivity contribution in [3.63, 3.8) is 0 Å². The molecule has 1 aliphatic rings. The first-order chi connectivity index (χ1) is 9.72. The van der Waals surface area contributed by atoms with Gasteiger partial charge in [0.2, 0.25) is 0 Å². The lowest BCUT2D eigenvalue weighted by molar-refractivity contribution is 0.270. The number of para-hydroxylation sites is 1. The van der Waals surface area contributed by atoms with Crippen molar-refractivity contribution in [3.05, 3.63) is 36.0 Å². The van der Waals surface area contributed by atoms with Crippen LogP contribution < -0.4 is 5.73 Å². The van der Waals surface area contributed by atoms with Crippen molar-refractivity contribution in [1.82, 2.24) is 9.88 Å². The number of H-pyrrole nitrogens is 1. The highest BCUT2D eigenvalue weighted by molar-refractivity contribution is 14.0. The number of nitrogens with zero attached hydrogens (tertiary/aromatic N) is 2. The lowest BCUT2D eigenvalue weighted by atomic mass is 10.0. The monoisotopic (exact) mass is 398 g/mol. The average Bonchev–Trinajstić information content (AvgIpc) is 2.87. The number of piperidine rings is 1. The van der Waals surface area contributed by atoms with Crippen LogP contribution in [0.25, 0.3) is 10.9 Å². The number of rotatable bonds is 2. The molecule has 1 saturated heterocycles. The number of nitrogens with two attached hydrogens (primary N) is 1. The third kappa shape index (κ3) is 3.90. The van der Waals surface area contributed by atoms with E-state index in [1.165, 1.54) is 18.2 Å². The number of fused-ring (bicyclic) bond motifs is 1. The van der Waals surface area contributed by atoms with E-state index in [2.05, 4.69) is 40.0 Å². The second kappa shape index (κ2) is 7.15. The SMILES string of the molecule is CC1CCCN(C(N)=NCc2cc3ccccc3[nH]2)C1.I. The number of aromatic amines is 1. The molecular weight excluding hydrogens is 375 g/mol. The molecule has 1 aromatic carbocycles. The summed E-state index contributed by atoms with van der Waals surface area (Å²) in [4.78, 5) is 10.1. The minimum Gasteiger partial charge on any atom is -0.370 e. The van der Waals surface area contributed by atoms with Crippen molar-refractivity contribution in [2.24, 2.45) is 16.6 Å². The normalized spacial score (nSPS) is 19.6. The zero-order chi connectivity index (χ0) is 13.9. The Kier molecular flexibility index (Phi) is 5.50. The van der Waals surface area contributed by atoms with E-state index < -0.39 is 0 Å². The second-order valence-corrected chi connectivity index (χ2v) is 5.75. The quantitative estimate of drug-likeness (QED) is 0.463. The van der Waals surface area contributed by atoms with Crippen LogP contribution in [-0.4, -0.2) is 28.9 Å².